The predicted octanol–water partition coefficient (Wildman–Crippen LogP) is 2.48. The minimum absolute atomic E-state index is 0.322. The SMILES string of the molecule is CC=CC=CC(=O)OCCOCCCC. The number of hydrogen-bond donors (Lipinski definition) is 0. The van der Waals surface area contributed by atoms with E-state index in [0.717, 1.165) is 19.4 Å². The number of hydrogen-bond acceptors (Lipinski definition) is 3. The first-order chi connectivity index (χ1) is 7.31. The van der Waals surface area contributed by atoms with E-state index >= 15 is 0 Å². The van der Waals surface area contributed by atoms with Gasteiger partial charge in [0.2, 0.25) is 0 Å². The third-order valence-electron chi connectivity index (χ3n) is 1.65. The molecule has 3 nitrogen and oxygen atoms in total. The van der Waals surface area contributed by atoms with Crippen LogP contribution in [0.2, 0.25) is 0 Å². The second-order valence-electron chi connectivity index (χ2n) is 3.02. The number of ether oxygens (including phenoxy) is 2. The van der Waals surface area contributed by atoms with Gasteiger partial charge in [0, 0.05) is 12.7 Å². The summed E-state index contributed by atoms with van der Waals surface area (Å²) in [6.45, 7) is 5.53. The number of unbranched alkanes of at least 4 members (excludes halogenated alkanes) is 1. The highest BCUT2D eigenvalue weighted by Crippen LogP contribution is 1.89. The summed E-state index contributed by atoms with van der Waals surface area (Å²) in [6.07, 6.45) is 8.84. The molecule has 86 valence electrons. The lowest BCUT2D eigenvalue weighted by Gasteiger charge is -2.03. The van der Waals surface area contributed by atoms with Crippen LogP contribution < -0.4 is 0 Å². The molecule has 0 aliphatic carbocycles. The average Bonchev–Trinajstić information content (AvgIpc) is 2.23. The standard InChI is InChI=1S/C12H20O3/c1-3-5-7-8-12(13)15-11-10-14-9-6-4-2/h3,5,7-8H,4,6,9-11H2,1-2H3. The maximum atomic E-state index is 11.0. The first kappa shape index (κ1) is 13.9. The first-order valence-corrected chi connectivity index (χ1v) is 5.35. The quantitative estimate of drug-likeness (QED) is 0.268. The van der Waals surface area contributed by atoms with Crippen molar-refractivity contribution in [2.24, 2.45) is 0 Å². The van der Waals surface area contributed by atoms with Crippen LogP contribution in [0.5, 0.6) is 0 Å². The largest absolute Gasteiger partial charge is 0.460 e. The lowest BCUT2D eigenvalue weighted by molar-refractivity contribution is -0.139. The number of allylic oxidation sites excluding steroid dienone is 3. The molecule has 0 aliphatic rings. The van der Waals surface area contributed by atoms with Crippen LogP contribution in [0.1, 0.15) is 26.7 Å². The Balaban J connectivity index is 3.31. The van der Waals surface area contributed by atoms with Crippen molar-refractivity contribution in [1.82, 2.24) is 0 Å². The highest BCUT2D eigenvalue weighted by Gasteiger charge is 1.95. The number of carbonyl (C=O) groups excluding carboxylic acids is 1. The molecule has 15 heavy (non-hydrogen) atoms. The van der Waals surface area contributed by atoms with Crippen LogP contribution in [-0.2, 0) is 14.3 Å². The third-order valence-corrected chi connectivity index (χ3v) is 1.65. The van der Waals surface area contributed by atoms with Gasteiger partial charge in [0.15, 0.2) is 0 Å². The minimum Gasteiger partial charge on any atom is -0.460 e. The molecular formula is C12H20O3. The molecule has 0 atom stereocenters. The molecule has 0 aromatic carbocycles. The fourth-order valence-corrected chi connectivity index (χ4v) is 0.843. The molecule has 0 rings (SSSR count). The molecule has 0 aliphatic heterocycles. The fraction of sp³-hybridized carbons (Fsp3) is 0.583. The summed E-state index contributed by atoms with van der Waals surface area (Å²) in [4.78, 5) is 11.0. The van der Waals surface area contributed by atoms with Crippen LogP contribution in [0, 0.1) is 0 Å². The Labute approximate surface area is 91.8 Å². The molecule has 0 spiro atoms. The van der Waals surface area contributed by atoms with Crippen molar-refractivity contribution in [2.45, 2.75) is 26.7 Å². The molecule has 0 aromatic rings. The Morgan fingerprint density at radius 2 is 2.00 bits per heavy atom. The molecule has 0 saturated carbocycles. The Morgan fingerprint density at radius 1 is 1.20 bits per heavy atom. The van der Waals surface area contributed by atoms with E-state index in [0.29, 0.717) is 13.2 Å². The van der Waals surface area contributed by atoms with Gasteiger partial charge in [0.1, 0.15) is 6.61 Å². The van der Waals surface area contributed by atoms with Gasteiger partial charge in [-0.05, 0) is 13.3 Å². The van der Waals surface area contributed by atoms with Gasteiger partial charge in [0.05, 0.1) is 6.61 Å². The Kier molecular flexibility index (Phi) is 10.2. The lowest BCUT2D eigenvalue weighted by Crippen LogP contribution is -2.08. The smallest absolute Gasteiger partial charge is 0.330 e. The van der Waals surface area contributed by atoms with Gasteiger partial charge in [-0.1, -0.05) is 31.6 Å². The number of esters is 1. The van der Waals surface area contributed by atoms with E-state index in [1.54, 1.807) is 12.2 Å². The average molecular weight is 212 g/mol. The Hall–Kier alpha value is -1.09. The molecule has 0 N–H and O–H groups in total. The summed E-state index contributed by atoms with van der Waals surface area (Å²) in [5.41, 5.74) is 0. The minimum atomic E-state index is -0.327. The molecule has 0 bridgehead atoms. The van der Waals surface area contributed by atoms with Gasteiger partial charge in [-0.15, -0.1) is 0 Å². The van der Waals surface area contributed by atoms with E-state index in [-0.39, 0.29) is 5.97 Å². The van der Waals surface area contributed by atoms with Gasteiger partial charge >= 0.3 is 5.97 Å². The van der Waals surface area contributed by atoms with E-state index in [1.807, 2.05) is 13.0 Å². The van der Waals surface area contributed by atoms with Gasteiger partial charge < -0.3 is 9.47 Å². The summed E-state index contributed by atoms with van der Waals surface area (Å²) in [6, 6.07) is 0. The van der Waals surface area contributed by atoms with Crippen molar-refractivity contribution in [3.05, 3.63) is 24.3 Å². The van der Waals surface area contributed by atoms with Gasteiger partial charge in [-0.25, -0.2) is 4.79 Å². The summed E-state index contributed by atoms with van der Waals surface area (Å²) in [7, 11) is 0. The van der Waals surface area contributed by atoms with E-state index in [9.17, 15) is 4.79 Å². The fourth-order valence-electron chi connectivity index (χ4n) is 0.843. The van der Waals surface area contributed by atoms with Crippen molar-refractivity contribution in [3.63, 3.8) is 0 Å². The van der Waals surface area contributed by atoms with Crippen molar-refractivity contribution >= 4 is 5.97 Å². The van der Waals surface area contributed by atoms with Crippen molar-refractivity contribution in [1.29, 1.82) is 0 Å². The molecule has 0 fully saturated rings. The Bertz CT molecular complexity index is 207. The van der Waals surface area contributed by atoms with Crippen LogP contribution >= 0.6 is 0 Å². The molecule has 0 saturated heterocycles. The molecule has 3 heteroatoms. The molecular weight excluding hydrogens is 192 g/mol. The number of carbonyl (C=O) groups is 1. The molecule has 0 radical (unpaired) electrons. The summed E-state index contributed by atoms with van der Waals surface area (Å²) in [5.74, 6) is -0.327. The zero-order chi connectivity index (χ0) is 11.4. The van der Waals surface area contributed by atoms with E-state index in [1.165, 1.54) is 6.08 Å². The summed E-state index contributed by atoms with van der Waals surface area (Å²) < 4.78 is 10.1. The van der Waals surface area contributed by atoms with Crippen LogP contribution in [0.25, 0.3) is 0 Å². The zero-order valence-corrected chi connectivity index (χ0v) is 9.57. The highest BCUT2D eigenvalue weighted by atomic mass is 16.6. The predicted molar refractivity (Wildman–Crippen MR) is 60.6 cm³/mol. The first-order valence-electron chi connectivity index (χ1n) is 5.35. The molecule has 0 unspecified atom stereocenters. The monoisotopic (exact) mass is 212 g/mol. The normalized spacial score (nSPS) is 11.3. The van der Waals surface area contributed by atoms with Gasteiger partial charge in [-0.3, -0.25) is 0 Å². The molecule has 0 aromatic heterocycles. The highest BCUT2D eigenvalue weighted by molar-refractivity contribution is 5.82. The van der Waals surface area contributed by atoms with Crippen LogP contribution in [0.4, 0.5) is 0 Å². The number of rotatable bonds is 8. The van der Waals surface area contributed by atoms with Crippen LogP contribution in [-0.4, -0.2) is 25.8 Å². The summed E-state index contributed by atoms with van der Waals surface area (Å²) >= 11 is 0. The van der Waals surface area contributed by atoms with Crippen molar-refractivity contribution in [2.75, 3.05) is 19.8 Å². The second-order valence-corrected chi connectivity index (χ2v) is 3.02. The third kappa shape index (κ3) is 10.8. The maximum Gasteiger partial charge on any atom is 0.330 e. The van der Waals surface area contributed by atoms with Gasteiger partial charge in [0.25, 0.3) is 0 Å². The Morgan fingerprint density at radius 3 is 2.67 bits per heavy atom. The van der Waals surface area contributed by atoms with Crippen molar-refractivity contribution < 1.29 is 14.3 Å². The lowest BCUT2D eigenvalue weighted by atomic mass is 10.4. The van der Waals surface area contributed by atoms with Crippen LogP contribution in [0.15, 0.2) is 24.3 Å². The summed E-state index contributed by atoms with van der Waals surface area (Å²) in [5, 5.41) is 0. The van der Waals surface area contributed by atoms with E-state index in [2.05, 4.69) is 6.92 Å². The zero-order valence-electron chi connectivity index (χ0n) is 9.57. The second kappa shape index (κ2) is 11.0. The van der Waals surface area contributed by atoms with Crippen molar-refractivity contribution in [3.8, 4) is 0 Å². The maximum absolute atomic E-state index is 11.0. The topological polar surface area (TPSA) is 35.5 Å². The van der Waals surface area contributed by atoms with E-state index < -0.39 is 0 Å². The molecule has 0 amide bonds. The molecule has 0 heterocycles. The van der Waals surface area contributed by atoms with Crippen LogP contribution in [0.3, 0.4) is 0 Å². The van der Waals surface area contributed by atoms with E-state index in [4.69, 9.17) is 9.47 Å². The van der Waals surface area contributed by atoms with Gasteiger partial charge in [-0.2, -0.15) is 0 Å².